The number of amides is 1. The molecule has 2 aromatic carbocycles. The summed E-state index contributed by atoms with van der Waals surface area (Å²) < 4.78 is 2.36. The summed E-state index contributed by atoms with van der Waals surface area (Å²) in [6, 6.07) is 14.7. The Kier molecular flexibility index (Phi) is 4.71. The summed E-state index contributed by atoms with van der Waals surface area (Å²) in [6.45, 7) is 0.823. The Balaban J connectivity index is 1.36. The van der Waals surface area contributed by atoms with Gasteiger partial charge in [-0.3, -0.25) is 19.5 Å². The normalized spacial score (nSPS) is 16.5. The van der Waals surface area contributed by atoms with E-state index in [4.69, 9.17) is 4.98 Å². The molecule has 30 heavy (non-hydrogen) atoms. The molecule has 1 aliphatic rings. The summed E-state index contributed by atoms with van der Waals surface area (Å²) in [5.74, 6) is -0.0299. The molecule has 1 amide bonds. The Bertz CT molecular complexity index is 1340. The zero-order valence-electron chi connectivity index (χ0n) is 16.2. The third-order valence-corrected chi connectivity index (χ3v) is 6.74. The van der Waals surface area contributed by atoms with Crippen LogP contribution < -0.4 is 11.1 Å². The van der Waals surface area contributed by atoms with Gasteiger partial charge in [0.05, 0.1) is 33.6 Å². The fourth-order valence-electron chi connectivity index (χ4n) is 4.11. The molecule has 3 heterocycles. The molecule has 7 nitrogen and oxygen atoms in total. The molecule has 8 heteroatoms. The fourth-order valence-corrected chi connectivity index (χ4v) is 5.22. The fraction of sp³-hybridized carbons (Fsp3) is 0.273. The molecule has 152 valence electrons. The molecule has 0 spiro atoms. The highest BCUT2D eigenvalue weighted by Crippen LogP contribution is 2.36. The van der Waals surface area contributed by atoms with Gasteiger partial charge in [0.2, 0.25) is 5.91 Å². The van der Waals surface area contributed by atoms with Gasteiger partial charge in [0, 0.05) is 13.0 Å². The van der Waals surface area contributed by atoms with Crippen molar-refractivity contribution in [2.24, 2.45) is 0 Å². The number of aryl methyl sites for hydroxylation is 1. The number of fused-ring (bicyclic) bond motifs is 2. The van der Waals surface area contributed by atoms with Crippen LogP contribution in [0.1, 0.15) is 30.3 Å². The number of carbonyl (C=O) groups excluding carboxylic acids is 1. The van der Waals surface area contributed by atoms with E-state index >= 15 is 0 Å². The van der Waals surface area contributed by atoms with Crippen molar-refractivity contribution in [3.8, 4) is 0 Å². The van der Waals surface area contributed by atoms with E-state index in [1.807, 2.05) is 29.2 Å². The van der Waals surface area contributed by atoms with Crippen molar-refractivity contribution in [3.63, 3.8) is 0 Å². The summed E-state index contributed by atoms with van der Waals surface area (Å²) in [5, 5.41) is 4.27. The Hall–Kier alpha value is -3.26. The Morgan fingerprint density at radius 1 is 1.10 bits per heavy atom. The average Bonchev–Trinajstić information content (AvgIpc) is 3.42. The van der Waals surface area contributed by atoms with E-state index in [1.165, 1.54) is 4.68 Å². The number of hydrogen-bond acceptors (Lipinski definition) is 5. The van der Waals surface area contributed by atoms with Crippen LogP contribution in [0.2, 0.25) is 0 Å². The zero-order valence-corrected chi connectivity index (χ0v) is 17.0. The van der Waals surface area contributed by atoms with Crippen molar-refractivity contribution in [2.75, 3.05) is 6.54 Å². The number of aromatic nitrogens is 3. The number of para-hydroxylation sites is 1. The first-order valence-corrected chi connectivity index (χ1v) is 10.8. The first-order valence-electron chi connectivity index (χ1n) is 9.98. The van der Waals surface area contributed by atoms with Crippen LogP contribution in [0.25, 0.3) is 21.0 Å². The van der Waals surface area contributed by atoms with Crippen molar-refractivity contribution in [2.45, 2.75) is 31.8 Å². The standard InChI is InChI=1S/C22H20N4O3S/c27-19(11-13-26-22(29)15-7-2-1-6-14(15)20(28)24-26)25-12-5-9-17(25)21-23-16-8-3-4-10-18(16)30-21/h1-4,6-8,10,17H,5,9,11-13H2,(H,24,28). The second-order valence-electron chi connectivity index (χ2n) is 7.46. The van der Waals surface area contributed by atoms with E-state index in [9.17, 15) is 14.4 Å². The number of nitrogens with one attached hydrogen (secondary N) is 1. The number of nitrogens with zero attached hydrogens (tertiary/aromatic N) is 3. The summed E-state index contributed by atoms with van der Waals surface area (Å²) >= 11 is 1.63. The topological polar surface area (TPSA) is 88.1 Å². The lowest BCUT2D eigenvalue weighted by Gasteiger charge is -2.23. The van der Waals surface area contributed by atoms with Gasteiger partial charge in [-0.15, -0.1) is 11.3 Å². The average molecular weight is 420 g/mol. The van der Waals surface area contributed by atoms with Crippen LogP contribution in [0.3, 0.4) is 0 Å². The molecule has 1 aliphatic heterocycles. The van der Waals surface area contributed by atoms with Gasteiger partial charge in [-0.2, -0.15) is 0 Å². The predicted octanol–water partition coefficient (Wildman–Crippen LogP) is 3.05. The molecule has 5 rings (SSSR count). The predicted molar refractivity (Wildman–Crippen MR) is 117 cm³/mol. The highest BCUT2D eigenvalue weighted by atomic mass is 32.1. The maximum Gasteiger partial charge on any atom is 0.273 e. The summed E-state index contributed by atoms with van der Waals surface area (Å²) in [6.07, 6.45) is 1.97. The Labute approximate surface area is 175 Å². The maximum atomic E-state index is 13.0. The molecule has 4 aromatic rings. The van der Waals surface area contributed by atoms with Crippen LogP contribution >= 0.6 is 11.3 Å². The summed E-state index contributed by atoms with van der Waals surface area (Å²) in [4.78, 5) is 44.5. The molecule has 1 N–H and O–H groups in total. The minimum absolute atomic E-state index is 0.0257. The number of likely N-dealkylation sites (tertiary alicyclic amines) is 1. The van der Waals surface area contributed by atoms with E-state index in [1.54, 1.807) is 35.6 Å². The second-order valence-corrected chi connectivity index (χ2v) is 8.52. The first kappa shape index (κ1) is 18.7. The van der Waals surface area contributed by atoms with Gasteiger partial charge in [-0.05, 0) is 37.1 Å². The van der Waals surface area contributed by atoms with Crippen LogP contribution in [-0.2, 0) is 11.3 Å². The van der Waals surface area contributed by atoms with Crippen molar-refractivity contribution in [1.29, 1.82) is 0 Å². The first-order chi connectivity index (χ1) is 14.6. The van der Waals surface area contributed by atoms with Gasteiger partial charge < -0.3 is 4.90 Å². The second kappa shape index (κ2) is 7.53. The number of benzene rings is 2. The lowest BCUT2D eigenvalue weighted by atomic mass is 10.2. The van der Waals surface area contributed by atoms with Crippen LogP contribution in [0.4, 0.5) is 0 Å². The number of rotatable bonds is 4. The van der Waals surface area contributed by atoms with E-state index in [0.29, 0.717) is 17.3 Å². The van der Waals surface area contributed by atoms with Crippen molar-refractivity contribution in [3.05, 3.63) is 74.2 Å². The molecule has 1 fully saturated rings. The highest BCUT2D eigenvalue weighted by molar-refractivity contribution is 7.18. The van der Waals surface area contributed by atoms with Crippen LogP contribution in [0.5, 0.6) is 0 Å². The third-order valence-electron chi connectivity index (χ3n) is 5.60. The number of H-pyrrole nitrogens is 1. The molecule has 1 saturated heterocycles. The van der Waals surface area contributed by atoms with E-state index in [-0.39, 0.29) is 36.0 Å². The number of hydrogen-bond donors (Lipinski definition) is 1. The monoisotopic (exact) mass is 420 g/mol. The minimum atomic E-state index is -0.328. The molecule has 2 aromatic heterocycles. The summed E-state index contributed by atoms with van der Waals surface area (Å²) in [5.41, 5.74) is 0.338. The van der Waals surface area contributed by atoms with Gasteiger partial charge >= 0.3 is 0 Å². The third kappa shape index (κ3) is 3.23. The number of carbonyl (C=O) groups is 1. The summed E-state index contributed by atoms with van der Waals surface area (Å²) in [7, 11) is 0. The van der Waals surface area contributed by atoms with Gasteiger partial charge in [0.25, 0.3) is 11.1 Å². The van der Waals surface area contributed by atoms with Crippen molar-refractivity contribution < 1.29 is 4.79 Å². The van der Waals surface area contributed by atoms with Gasteiger partial charge in [0.15, 0.2) is 0 Å². The number of aromatic amines is 1. The van der Waals surface area contributed by atoms with Crippen LogP contribution in [-0.4, -0.2) is 32.1 Å². The van der Waals surface area contributed by atoms with Gasteiger partial charge in [-0.1, -0.05) is 24.3 Å². The van der Waals surface area contributed by atoms with Crippen molar-refractivity contribution >= 4 is 38.2 Å². The minimum Gasteiger partial charge on any atom is -0.333 e. The van der Waals surface area contributed by atoms with E-state index in [0.717, 1.165) is 28.1 Å². The molecule has 0 saturated carbocycles. The van der Waals surface area contributed by atoms with Crippen LogP contribution in [0.15, 0.2) is 58.1 Å². The molecular weight excluding hydrogens is 400 g/mol. The molecule has 1 unspecified atom stereocenters. The van der Waals surface area contributed by atoms with Gasteiger partial charge in [-0.25, -0.2) is 9.67 Å². The van der Waals surface area contributed by atoms with Crippen LogP contribution in [0, 0.1) is 0 Å². The molecule has 0 radical (unpaired) electrons. The lowest BCUT2D eigenvalue weighted by Crippen LogP contribution is -2.34. The lowest BCUT2D eigenvalue weighted by molar-refractivity contribution is -0.132. The SMILES string of the molecule is O=C(CCn1[nH]c(=O)c2ccccc2c1=O)N1CCCC1c1nc2ccccc2s1. The maximum absolute atomic E-state index is 13.0. The smallest absolute Gasteiger partial charge is 0.273 e. The molecular formula is C22H20N4O3S. The van der Waals surface area contributed by atoms with Crippen molar-refractivity contribution in [1.82, 2.24) is 19.7 Å². The highest BCUT2D eigenvalue weighted by Gasteiger charge is 2.32. The zero-order chi connectivity index (χ0) is 20.7. The molecule has 1 atom stereocenters. The Morgan fingerprint density at radius 2 is 1.87 bits per heavy atom. The van der Waals surface area contributed by atoms with Gasteiger partial charge in [0.1, 0.15) is 5.01 Å². The number of thiazole rings is 1. The molecule has 0 aliphatic carbocycles. The quantitative estimate of drug-likeness (QED) is 0.550. The Morgan fingerprint density at radius 3 is 2.70 bits per heavy atom. The van der Waals surface area contributed by atoms with E-state index in [2.05, 4.69) is 5.10 Å². The molecule has 0 bridgehead atoms. The largest absolute Gasteiger partial charge is 0.333 e. The van der Waals surface area contributed by atoms with E-state index < -0.39 is 0 Å².